The molecule has 1 aromatic heterocycles. The molecule has 2 nitrogen and oxygen atoms in total. The van der Waals surface area contributed by atoms with Crippen molar-refractivity contribution in [3.8, 4) is 11.5 Å². The molecule has 0 atom stereocenters. The third-order valence-corrected chi connectivity index (χ3v) is 3.86. The van der Waals surface area contributed by atoms with Crippen LogP contribution in [-0.4, -0.2) is 13.2 Å². The number of hydrogen-bond donors (Lipinski definition) is 0. The number of thiophene rings is 1. The Balaban J connectivity index is 2.16. The highest BCUT2D eigenvalue weighted by Crippen LogP contribution is 2.39. The van der Waals surface area contributed by atoms with Crippen molar-refractivity contribution in [3.05, 3.63) is 10.8 Å². The van der Waals surface area contributed by atoms with Gasteiger partial charge in [-0.3, -0.25) is 0 Å². The van der Waals surface area contributed by atoms with Gasteiger partial charge in [-0.1, -0.05) is 13.8 Å². The zero-order valence-electron chi connectivity index (χ0n) is 8.71. The molecule has 0 spiro atoms. The summed E-state index contributed by atoms with van der Waals surface area (Å²) in [7, 11) is 0. The molecule has 2 rings (SSSR count). The molecule has 0 amide bonds. The molecular weight excluding hydrogens is 196 g/mol. The Labute approximate surface area is 88.8 Å². The Hall–Kier alpha value is -0.700. The zero-order chi connectivity index (χ0) is 10.0. The van der Waals surface area contributed by atoms with E-state index in [4.69, 9.17) is 9.47 Å². The lowest BCUT2D eigenvalue weighted by Gasteiger charge is -2.28. The summed E-state index contributed by atoms with van der Waals surface area (Å²) in [6.45, 7) is 5.97. The van der Waals surface area contributed by atoms with Gasteiger partial charge in [0.2, 0.25) is 0 Å². The molecule has 3 heteroatoms. The van der Waals surface area contributed by atoms with Crippen LogP contribution in [-0.2, 0) is 0 Å². The Morgan fingerprint density at radius 3 is 2.07 bits per heavy atom. The van der Waals surface area contributed by atoms with Crippen LogP contribution in [0.1, 0.15) is 26.7 Å². The second-order valence-corrected chi connectivity index (χ2v) is 4.63. The minimum absolute atomic E-state index is 0.205. The standard InChI is InChI=1S/C11H16O2S/c1-3-11(4-2)7-12-9-5-14-6-10(9)13-8-11/h5-6H,3-4,7-8H2,1-2H3. The van der Waals surface area contributed by atoms with Crippen LogP contribution in [0, 0.1) is 5.41 Å². The van der Waals surface area contributed by atoms with Crippen molar-refractivity contribution >= 4 is 11.3 Å². The molecule has 0 N–H and O–H groups in total. The van der Waals surface area contributed by atoms with E-state index in [0.717, 1.165) is 37.6 Å². The quantitative estimate of drug-likeness (QED) is 0.748. The molecule has 0 bridgehead atoms. The van der Waals surface area contributed by atoms with Crippen LogP contribution in [0.3, 0.4) is 0 Å². The first-order valence-electron chi connectivity index (χ1n) is 5.11. The van der Waals surface area contributed by atoms with Crippen LogP contribution in [0.5, 0.6) is 11.5 Å². The van der Waals surface area contributed by atoms with Gasteiger partial charge in [0.1, 0.15) is 0 Å². The zero-order valence-corrected chi connectivity index (χ0v) is 9.52. The minimum Gasteiger partial charge on any atom is -0.488 e. The van der Waals surface area contributed by atoms with Crippen LogP contribution >= 0.6 is 11.3 Å². The van der Waals surface area contributed by atoms with Crippen LogP contribution in [0.25, 0.3) is 0 Å². The molecule has 0 fully saturated rings. The van der Waals surface area contributed by atoms with Gasteiger partial charge in [-0.05, 0) is 12.8 Å². The van der Waals surface area contributed by atoms with E-state index in [2.05, 4.69) is 13.8 Å². The SMILES string of the molecule is CCC1(CC)COc2cscc2OC1. The monoisotopic (exact) mass is 212 g/mol. The Kier molecular flexibility index (Phi) is 2.68. The van der Waals surface area contributed by atoms with E-state index in [1.807, 2.05) is 10.8 Å². The van der Waals surface area contributed by atoms with Gasteiger partial charge in [-0.15, -0.1) is 11.3 Å². The van der Waals surface area contributed by atoms with Gasteiger partial charge in [-0.25, -0.2) is 0 Å². The van der Waals surface area contributed by atoms with Crippen molar-refractivity contribution in [3.63, 3.8) is 0 Å². The average Bonchev–Trinajstić information content (AvgIpc) is 2.61. The molecule has 14 heavy (non-hydrogen) atoms. The average molecular weight is 212 g/mol. The topological polar surface area (TPSA) is 18.5 Å². The van der Waals surface area contributed by atoms with Gasteiger partial charge in [0.05, 0.1) is 13.2 Å². The number of ether oxygens (including phenoxy) is 2. The fraction of sp³-hybridized carbons (Fsp3) is 0.636. The van der Waals surface area contributed by atoms with E-state index in [-0.39, 0.29) is 5.41 Å². The fourth-order valence-electron chi connectivity index (χ4n) is 1.65. The number of fused-ring (bicyclic) bond motifs is 1. The van der Waals surface area contributed by atoms with E-state index >= 15 is 0 Å². The van der Waals surface area contributed by atoms with Crippen molar-refractivity contribution in [1.82, 2.24) is 0 Å². The largest absolute Gasteiger partial charge is 0.488 e. The Bertz CT molecular complexity index is 277. The van der Waals surface area contributed by atoms with Gasteiger partial charge < -0.3 is 9.47 Å². The first kappa shape index (κ1) is 9.84. The van der Waals surface area contributed by atoms with Gasteiger partial charge in [-0.2, -0.15) is 0 Å². The second kappa shape index (κ2) is 3.81. The van der Waals surface area contributed by atoms with Crippen molar-refractivity contribution in [2.75, 3.05) is 13.2 Å². The lowest BCUT2D eigenvalue weighted by Crippen LogP contribution is -2.32. The normalized spacial score (nSPS) is 19.0. The summed E-state index contributed by atoms with van der Waals surface area (Å²) in [5.74, 6) is 1.83. The molecule has 0 saturated carbocycles. The molecule has 0 unspecified atom stereocenters. The summed E-state index contributed by atoms with van der Waals surface area (Å²) in [5.41, 5.74) is 0.205. The van der Waals surface area contributed by atoms with E-state index in [0.29, 0.717) is 0 Å². The molecule has 0 aromatic carbocycles. The van der Waals surface area contributed by atoms with E-state index in [1.54, 1.807) is 11.3 Å². The van der Waals surface area contributed by atoms with Crippen LogP contribution in [0.4, 0.5) is 0 Å². The van der Waals surface area contributed by atoms with Gasteiger partial charge in [0.25, 0.3) is 0 Å². The van der Waals surface area contributed by atoms with E-state index in [1.165, 1.54) is 0 Å². The van der Waals surface area contributed by atoms with Crippen molar-refractivity contribution in [2.24, 2.45) is 5.41 Å². The highest BCUT2D eigenvalue weighted by molar-refractivity contribution is 7.08. The lowest BCUT2D eigenvalue weighted by atomic mass is 9.84. The summed E-state index contributed by atoms with van der Waals surface area (Å²) in [5, 5.41) is 4.02. The Morgan fingerprint density at radius 1 is 1.14 bits per heavy atom. The van der Waals surface area contributed by atoms with Crippen molar-refractivity contribution in [1.29, 1.82) is 0 Å². The number of hydrogen-bond acceptors (Lipinski definition) is 3. The van der Waals surface area contributed by atoms with Gasteiger partial charge in [0, 0.05) is 16.2 Å². The first-order valence-corrected chi connectivity index (χ1v) is 6.06. The maximum absolute atomic E-state index is 5.77. The van der Waals surface area contributed by atoms with Crippen LogP contribution in [0.2, 0.25) is 0 Å². The molecule has 1 aliphatic rings. The van der Waals surface area contributed by atoms with Gasteiger partial charge in [0.15, 0.2) is 11.5 Å². The summed E-state index contributed by atoms with van der Waals surface area (Å²) in [6.07, 6.45) is 2.22. The summed E-state index contributed by atoms with van der Waals surface area (Å²) in [4.78, 5) is 0. The first-order chi connectivity index (χ1) is 6.79. The lowest BCUT2D eigenvalue weighted by molar-refractivity contribution is 0.0944. The third kappa shape index (κ3) is 1.61. The Morgan fingerprint density at radius 2 is 1.64 bits per heavy atom. The maximum Gasteiger partial charge on any atom is 0.171 e. The van der Waals surface area contributed by atoms with E-state index in [9.17, 15) is 0 Å². The highest BCUT2D eigenvalue weighted by Gasteiger charge is 2.31. The molecule has 2 heterocycles. The molecule has 0 radical (unpaired) electrons. The van der Waals surface area contributed by atoms with Gasteiger partial charge >= 0.3 is 0 Å². The predicted octanol–water partition coefficient (Wildman–Crippen LogP) is 3.33. The molecule has 78 valence electrons. The second-order valence-electron chi connectivity index (χ2n) is 3.88. The van der Waals surface area contributed by atoms with Crippen molar-refractivity contribution < 1.29 is 9.47 Å². The molecule has 0 aliphatic carbocycles. The van der Waals surface area contributed by atoms with Crippen LogP contribution in [0.15, 0.2) is 10.8 Å². The molecular formula is C11H16O2S. The fourth-order valence-corrected chi connectivity index (χ4v) is 2.33. The summed E-state index contributed by atoms with van der Waals surface area (Å²) < 4.78 is 11.5. The summed E-state index contributed by atoms with van der Waals surface area (Å²) >= 11 is 1.63. The van der Waals surface area contributed by atoms with E-state index < -0.39 is 0 Å². The maximum atomic E-state index is 5.77. The highest BCUT2D eigenvalue weighted by atomic mass is 32.1. The minimum atomic E-state index is 0.205. The van der Waals surface area contributed by atoms with Crippen molar-refractivity contribution in [2.45, 2.75) is 26.7 Å². The molecule has 1 aromatic rings. The summed E-state index contributed by atoms with van der Waals surface area (Å²) in [6, 6.07) is 0. The smallest absolute Gasteiger partial charge is 0.171 e. The molecule has 0 saturated heterocycles. The predicted molar refractivity (Wildman–Crippen MR) is 58.3 cm³/mol. The van der Waals surface area contributed by atoms with Crippen LogP contribution < -0.4 is 9.47 Å². The number of rotatable bonds is 2. The third-order valence-electron chi connectivity index (χ3n) is 3.16. The molecule has 1 aliphatic heterocycles.